The standard InChI is InChI=1S/C27H27Cl2FN2O3/c1-2-14-31-27(34)25(16-19-6-4-3-5-7-19)32(17-20-8-13-23(28)24(29)15-20)26(33)18-35-22-11-9-21(30)10-12-22/h3-13,15,25H,2,14,16-18H2,1H3,(H,31,34)/t25-/m0/s1. The fraction of sp³-hybridized carbons (Fsp3) is 0.259. The van der Waals surface area contributed by atoms with Gasteiger partial charge in [0.2, 0.25) is 5.91 Å². The second-order valence-electron chi connectivity index (χ2n) is 8.01. The van der Waals surface area contributed by atoms with Gasteiger partial charge in [0.05, 0.1) is 10.0 Å². The fourth-order valence-electron chi connectivity index (χ4n) is 3.51. The molecular weight excluding hydrogens is 490 g/mol. The Balaban J connectivity index is 1.90. The zero-order valence-electron chi connectivity index (χ0n) is 19.3. The van der Waals surface area contributed by atoms with E-state index in [9.17, 15) is 14.0 Å². The smallest absolute Gasteiger partial charge is 0.261 e. The van der Waals surface area contributed by atoms with Crippen LogP contribution in [0.25, 0.3) is 0 Å². The fourth-order valence-corrected chi connectivity index (χ4v) is 3.83. The molecule has 0 saturated carbocycles. The van der Waals surface area contributed by atoms with Crippen LogP contribution in [0, 0.1) is 5.82 Å². The summed E-state index contributed by atoms with van der Waals surface area (Å²) in [6.45, 7) is 2.26. The Hall–Kier alpha value is -3.09. The van der Waals surface area contributed by atoms with Crippen molar-refractivity contribution in [3.8, 4) is 5.75 Å². The van der Waals surface area contributed by atoms with Gasteiger partial charge in [-0.15, -0.1) is 0 Å². The maximum Gasteiger partial charge on any atom is 0.261 e. The topological polar surface area (TPSA) is 58.6 Å². The molecule has 0 aliphatic heterocycles. The van der Waals surface area contributed by atoms with Crippen molar-refractivity contribution in [3.05, 3.63) is 99.8 Å². The van der Waals surface area contributed by atoms with E-state index in [-0.39, 0.29) is 19.1 Å². The van der Waals surface area contributed by atoms with E-state index in [2.05, 4.69) is 5.32 Å². The number of nitrogens with one attached hydrogen (secondary N) is 1. The van der Waals surface area contributed by atoms with Gasteiger partial charge in [-0.05, 0) is 53.9 Å². The van der Waals surface area contributed by atoms with Gasteiger partial charge in [0.25, 0.3) is 5.91 Å². The Morgan fingerprint density at radius 3 is 2.34 bits per heavy atom. The van der Waals surface area contributed by atoms with Gasteiger partial charge >= 0.3 is 0 Å². The van der Waals surface area contributed by atoms with E-state index in [0.29, 0.717) is 28.8 Å². The Bertz CT molecular complexity index is 1130. The van der Waals surface area contributed by atoms with E-state index in [1.807, 2.05) is 37.3 Å². The van der Waals surface area contributed by atoms with Crippen molar-refractivity contribution in [1.29, 1.82) is 0 Å². The van der Waals surface area contributed by atoms with E-state index in [1.54, 1.807) is 18.2 Å². The molecule has 1 N–H and O–H groups in total. The first-order valence-electron chi connectivity index (χ1n) is 11.3. The lowest BCUT2D eigenvalue weighted by Gasteiger charge is -2.31. The first-order chi connectivity index (χ1) is 16.9. The highest BCUT2D eigenvalue weighted by molar-refractivity contribution is 6.42. The van der Waals surface area contributed by atoms with Gasteiger partial charge in [0.15, 0.2) is 6.61 Å². The molecule has 0 radical (unpaired) electrons. The van der Waals surface area contributed by atoms with Gasteiger partial charge in [-0.3, -0.25) is 9.59 Å². The molecule has 0 aliphatic carbocycles. The summed E-state index contributed by atoms with van der Waals surface area (Å²) < 4.78 is 18.8. The molecule has 184 valence electrons. The molecule has 0 spiro atoms. The van der Waals surface area contributed by atoms with Gasteiger partial charge in [0.1, 0.15) is 17.6 Å². The number of rotatable bonds is 11. The minimum atomic E-state index is -0.789. The quantitative estimate of drug-likeness (QED) is 0.356. The number of benzene rings is 3. The third-order valence-corrected chi connectivity index (χ3v) is 6.07. The lowest BCUT2D eigenvalue weighted by atomic mass is 10.0. The zero-order chi connectivity index (χ0) is 25.2. The van der Waals surface area contributed by atoms with E-state index in [4.69, 9.17) is 27.9 Å². The van der Waals surface area contributed by atoms with E-state index in [1.165, 1.54) is 29.2 Å². The van der Waals surface area contributed by atoms with Crippen molar-refractivity contribution in [2.75, 3.05) is 13.2 Å². The third-order valence-electron chi connectivity index (χ3n) is 5.33. The lowest BCUT2D eigenvalue weighted by molar-refractivity contribution is -0.142. The molecule has 3 aromatic rings. The number of ether oxygens (including phenoxy) is 1. The summed E-state index contributed by atoms with van der Waals surface area (Å²) in [6, 6.07) is 19.2. The van der Waals surface area contributed by atoms with Gasteiger partial charge < -0.3 is 15.0 Å². The number of amides is 2. The van der Waals surface area contributed by atoms with Crippen LogP contribution in [-0.2, 0) is 22.6 Å². The summed E-state index contributed by atoms with van der Waals surface area (Å²) in [5.41, 5.74) is 1.63. The average Bonchev–Trinajstić information content (AvgIpc) is 2.86. The Morgan fingerprint density at radius 2 is 1.69 bits per heavy atom. The molecule has 0 unspecified atom stereocenters. The van der Waals surface area contributed by atoms with Gasteiger partial charge in [-0.25, -0.2) is 4.39 Å². The summed E-state index contributed by atoms with van der Waals surface area (Å²) >= 11 is 12.3. The van der Waals surface area contributed by atoms with Gasteiger partial charge in [0, 0.05) is 19.5 Å². The molecule has 2 amide bonds. The molecule has 0 aliphatic rings. The summed E-state index contributed by atoms with van der Waals surface area (Å²) in [4.78, 5) is 28.2. The van der Waals surface area contributed by atoms with Crippen LogP contribution in [0.3, 0.4) is 0 Å². The zero-order valence-corrected chi connectivity index (χ0v) is 20.9. The van der Waals surface area contributed by atoms with E-state index in [0.717, 1.165) is 17.5 Å². The second kappa shape index (κ2) is 13.1. The summed E-state index contributed by atoms with van der Waals surface area (Å²) in [7, 11) is 0. The lowest BCUT2D eigenvalue weighted by Crippen LogP contribution is -2.51. The average molecular weight is 517 g/mol. The molecular formula is C27H27Cl2FN2O3. The van der Waals surface area contributed by atoms with Crippen LogP contribution in [0.4, 0.5) is 4.39 Å². The van der Waals surface area contributed by atoms with Crippen LogP contribution in [0.5, 0.6) is 5.75 Å². The number of carbonyl (C=O) groups is 2. The Morgan fingerprint density at radius 1 is 0.971 bits per heavy atom. The monoisotopic (exact) mass is 516 g/mol. The minimum absolute atomic E-state index is 0.125. The molecule has 0 fully saturated rings. The Kier molecular flexibility index (Phi) is 9.94. The molecule has 3 rings (SSSR count). The summed E-state index contributed by atoms with van der Waals surface area (Å²) in [6.07, 6.45) is 1.08. The maximum absolute atomic E-state index is 13.4. The molecule has 3 aromatic carbocycles. The van der Waals surface area contributed by atoms with Crippen LogP contribution in [-0.4, -0.2) is 35.9 Å². The van der Waals surface area contributed by atoms with Crippen molar-refractivity contribution < 1.29 is 18.7 Å². The van der Waals surface area contributed by atoms with Crippen LogP contribution >= 0.6 is 23.2 Å². The molecule has 8 heteroatoms. The van der Waals surface area contributed by atoms with Crippen LogP contribution < -0.4 is 10.1 Å². The van der Waals surface area contributed by atoms with Crippen molar-refractivity contribution in [1.82, 2.24) is 10.2 Å². The minimum Gasteiger partial charge on any atom is -0.484 e. The summed E-state index contributed by atoms with van der Waals surface area (Å²) in [5, 5.41) is 3.67. The highest BCUT2D eigenvalue weighted by Gasteiger charge is 2.30. The molecule has 5 nitrogen and oxygen atoms in total. The predicted molar refractivity (Wildman–Crippen MR) is 136 cm³/mol. The third kappa shape index (κ3) is 7.98. The van der Waals surface area contributed by atoms with Crippen molar-refractivity contribution in [3.63, 3.8) is 0 Å². The molecule has 1 atom stereocenters. The SMILES string of the molecule is CCCNC(=O)[C@H](Cc1ccccc1)N(Cc1ccc(Cl)c(Cl)c1)C(=O)COc1ccc(F)cc1. The second-order valence-corrected chi connectivity index (χ2v) is 8.82. The molecule has 0 heterocycles. The van der Waals surface area contributed by atoms with E-state index >= 15 is 0 Å². The van der Waals surface area contributed by atoms with Crippen LogP contribution in [0.15, 0.2) is 72.8 Å². The highest BCUT2D eigenvalue weighted by atomic mass is 35.5. The molecule has 0 saturated heterocycles. The number of hydrogen-bond donors (Lipinski definition) is 1. The van der Waals surface area contributed by atoms with Crippen LogP contribution in [0.2, 0.25) is 10.0 Å². The molecule has 0 bridgehead atoms. The van der Waals surface area contributed by atoms with Crippen molar-refractivity contribution >= 4 is 35.0 Å². The maximum atomic E-state index is 13.4. The largest absolute Gasteiger partial charge is 0.484 e. The van der Waals surface area contributed by atoms with E-state index < -0.39 is 17.8 Å². The Labute approximate surface area is 214 Å². The predicted octanol–water partition coefficient (Wildman–Crippen LogP) is 5.68. The number of nitrogens with zero attached hydrogens (tertiary/aromatic N) is 1. The van der Waals surface area contributed by atoms with Gasteiger partial charge in [-0.1, -0.05) is 66.5 Å². The molecule has 0 aromatic heterocycles. The first-order valence-corrected chi connectivity index (χ1v) is 12.1. The number of carbonyl (C=O) groups excluding carboxylic acids is 2. The molecule has 35 heavy (non-hydrogen) atoms. The summed E-state index contributed by atoms with van der Waals surface area (Å²) in [5.74, 6) is -0.705. The van der Waals surface area contributed by atoms with Crippen LogP contribution in [0.1, 0.15) is 24.5 Å². The number of halogens is 3. The van der Waals surface area contributed by atoms with Crippen molar-refractivity contribution in [2.24, 2.45) is 0 Å². The van der Waals surface area contributed by atoms with Crippen molar-refractivity contribution in [2.45, 2.75) is 32.4 Å². The van der Waals surface area contributed by atoms with Gasteiger partial charge in [-0.2, -0.15) is 0 Å². The highest BCUT2D eigenvalue weighted by Crippen LogP contribution is 2.24. The number of hydrogen-bond acceptors (Lipinski definition) is 3. The normalized spacial score (nSPS) is 11.5. The first kappa shape index (κ1) is 26.5.